The van der Waals surface area contributed by atoms with Crippen molar-refractivity contribution in [1.82, 2.24) is 5.32 Å². The van der Waals surface area contributed by atoms with E-state index in [9.17, 15) is 4.79 Å². The Labute approximate surface area is 169 Å². The zero-order valence-corrected chi connectivity index (χ0v) is 16.5. The summed E-state index contributed by atoms with van der Waals surface area (Å²) in [6.07, 6.45) is 3.49. The Bertz CT molecular complexity index is 1000. The summed E-state index contributed by atoms with van der Waals surface area (Å²) in [5.41, 5.74) is 4.20. The summed E-state index contributed by atoms with van der Waals surface area (Å²) in [6.45, 7) is 0.129. The molecule has 2 aliphatic rings. The smallest absolute Gasteiger partial charge is 0.188 e. The van der Waals surface area contributed by atoms with Gasteiger partial charge in [0.1, 0.15) is 17.3 Å². The molecule has 0 saturated carbocycles. The third-order valence-corrected chi connectivity index (χ3v) is 5.14. The second kappa shape index (κ2) is 7.83. The van der Waals surface area contributed by atoms with Crippen molar-refractivity contribution in [1.29, 1.82) is 5.41 Å². The lowest BCUT2D eigenvalue weighted by Gasteiger charge is -2.19. The van der Waals surface area contributed by atoms with Crippen molar-refractivity contribution in [3.63, 3.8) is 0 Å². The van der Waals surface area contributed by atoms with Gasteiger partial charge >= 0.3 is 0 Å². The molecule has 6 nitrogen and oxygen atoms in total. The molecule has 2 aliphatic heterocycles. The van der Waals surface area contributed by atoms with Gasteiger partial charge in [-0.05, 0) is 5.56 Å². The zero-order chi connectivity index (χ0) is 20.4. The van der Waals surface area contributed by atoms with E-state index >= 15 is 0 Å². The number of nitrogens with one attached hydrogen (secondary N) is 2. The van der Waals surface area contributed by atoms with E-state index in [1.54, 1.807) is 37.3 Å². The first-order chi connectivity index (χ1) is 14.1. The number of hydrogen-bond donors (Lipinski definition) is 2. The predicted molar refractivity (Wildman–Crippen MR) is 113 cm³/mol. The summed E-state index contributed by atoms with van der Waals surface area (Å²) in [5.74, 6) is 1.37. The molecular formula is C23H23N3O3. The number of carbonyl (C=O) groups excluding carboxylic acids is 1. The summed E-state index contributed by atoms with van der Waals surface area (Å²) in [4.78, 5) is 14.5. The number of ketones is 1. The van der Waals surface area contributed by atoms with Crippen LogP contribution in [0.4, 0.5) is 5.69 Å². The average molecular weight is 389 g/mol. The van der Waals surface area contributed by atoms with E-state index in [0.717, 1.165) is 17.8 Å². The Balaban J connectivity index is 1.56. The first kappa shape index (κ1) is 18.8. The molecule has 0 aliphatic carbocycles. The molecule has 2 heterocycles. The Hall–Kier alpha value is -3.54. The first-order valence-electron chi connectivity index (χ1n) is 9.45. The largest absolute Gasteiger partial charge is 0.497 e. The van der Waals surface area contributed by atoms with E-state index in [1.165, 1.54) is 5.56 Å². The van der Waals surface area contributed by atoms with Gasteiger partial charge < -0.3 is 19.7 Å². The van der Waals surface area contributed by atoms with Gasteiger partial charge in [0.25, 0.3) is 0 Å². The number of amidine groups is 1. The number of ether oxygens (including phenoxy) is 2. The standard InChI is InChI=1S/C23H23N3O3/c1-28-18-11-17(12-19(13-18)29-2)26-14-21(27)22(23(26)24)20-9-8-16(25-20)10-15-6-4-3-5-7-15/h3-8,11-13,24-25H,9-10,14H2,1-2H3. The van der Waals surface area contributed by atoms with Gasteiger partial charge in [0, 0.05) is 42.4 Å². The highest BCUT2D eigenvalue weighted by Crippen LogP contribution is 2.33. The van der Waals surface area contributed by atoms with E-state index in [0.29, 0.717) is 29.2 Å². The highest BCUT2D eigenvalue weighted by molar-refractivity contribution is 6.33. The van der Waals surface area contributed by atoms with Crippen molar-refractivity contribution in [2.24, 2.45) is 0 Å². The quantitative estimate of drug-likeness (QED) is 0.767. The molecule has 0 spiro atoms. The molecule has 2 aromatic carbocycles. The van der Waals surface area contributed by atoms with Gasteiger partial charge in [-0.2, -0.15) is 0 Å². The van der Waals surface area contributed by atoms with Crippen LogP contribution in [0.2, 0.25) is 0 Å². The number of rotatable bonds is 5. The summed E-state index contributed by atoms with van der Waals surface area (Å²) in [6, 6.07) is 15.6. The van der Waals surface area contributed by atoms with E-state index < -0.39 is 0 Å². The highest BCUT2D eigenvalue weighted by atomic mass is 16.5. The van der Waals surface area contributed by atoms with Crippen LogP contribution in [0.5, 0.6) is 11.5 Å². The molecule has 0 radical (unpaired) electrons. The van der Waals surface area contributed by atoms with Crippen molar-refractivity contribution in [2.75, 3.05) is 25.7 Å². The third kappa shape index (κ3) is 3.74. The number of carbonyl (C=O) groups is 1. The van der Waals surface area contributed by atoms with Gasteiger partial charge in [-0.1, -0.05) is 36.4 Å². The molecule has 1 fully saturated rings. The van der Waals surface area contributed by atoms with Gasteiger partial charge in [-0.15, -0.1) is 0 Å². The SMILES string of the molecule is COc1cc(OC)cc(N2CC(=O)C(=C3CC=C(Cc4ccccc4)N3)C2=N)c1. The van der Waals surface area contributed by atoms with Crippen LogP contribution in [0.1, 0.15) is 12.0 Å². The molecule has 0 amide bonds. The van der Waals surface area contributed by atoms with Crippen LogP contribution in [-0.4, -0.2) is 32.4 Å². The van der Waals surface area contributed by atoms with E-state index in [-0.39, 0.29) is 18.2 Å². The maximum Gasteiger partial charge on any atom is 0.188 e. The van der Waals surface area contributed by atoms with E-state index in [4.69, 9.17) is 14.9 Å². The van der Waals surface area contributed by atoms with Crippen LogP contribution in [0.3, 0.4) is 0 Å². The maximum absolute atomic E-state index is 12.8. The van der Waals surface area contributed by atoms with Crippen molar-refractivity contribution in [3.05, 3.63) is 77.1 Å². The van der Waals surface area contributed by atoms with Crippen LogP contribution in [0.25, 0.3) is 0 Å². The fraction of sp³-hybridized carbons (Fsp3) is 0.217. The zero-order valence-electron chi connectivity index (χ0n) is 16.5. The van der Waals surface area contributed by atoms with Crippen LogP contribution in [-0.2, 0) is 11.2 Å². The molecule has 1 saturated heterocycles. The summed E-state index contributed by atoms with van der Waals surface area (Å²) < 4.78 is 10.6. The van der Waals surface area contributed by atoms with Gasteiger partial charge in [-0.3, -0.25) is 10.2 Å². The molecule has 0 bridgehead atoms. The number of anilines is 1. The molecule has 2 N–H and O–H groups in total. The third-order valence-electron chi connectivity index (χ3n) is 5.14. The van der Waals surface area contributed by atoms with Crippen LogP contribution < -0.4 is 19.7 Å². The minimum absolute atomic E-state index is 0.0614. The van der Waals surface area contributed by atoms with Crippen molar-refractivity contribution in [2.45, 2.75) is 12.8 Å². The van der Waals surface area contributed by atoms with Gasteiger partial charge in [-0.25, -0.2) is 0 Å². The number of hydrogen-bond acceptors (Lipinski definition) is 5. The lowest BCUT2D eigenvalue weighted by molar-refractivity contribution is -0.113. The molecule has 29 heavy (non-hydrogen) atoms. The molecule has 2 aromatic rings. The molecule has 6 heteroatoms. The minimum atomic E-state index is -0.0614. The van der Waals surface area contributed by atoms with Crippen molar-refractivity contribution >= 4 is 17.3 Å². The Kier molecular flexibility index (Phi) is 5.08. The molecule has 0 atom stereocenters. The normalized spacial score (nSPS) is 18.7. The van der Waals surface area contributed by atoms with E-state index in [1.807, 2.05) is 18.2 Å². The number of benzene rings is 2. The molecule has 0 aromatic heterocycles. The Morgan fingerprint density at radius 1 is 1.07 bits per heavy atom. The molecular weight excluding hydrogens is 366 g/mol. The Morgan fingerprint density at radius 2 is 1.76 bits per heavy atom. The molecule has 0 unspecified atom stereocenters. The van der Waals surface area contributed by atoms with Crippen LogP contribution in [0.15, 0.2) is 71.6 Å². The van der Waals surface area contributed by atoms with Crippen LogP contribution >= 0.6 is 0 Å². The van der Waals surface area contributed by atoms with Gasteiger partial charge in [0.2, 0.25) is 0 Å². The fourth-order valence-electron chi connectivity index (χ4n) is 3.67. The number of allylic oxidation sites excluding steroid dienone is 2. The average Bonchev–Trinajstić information content (AvgIpc) is 3.31. The highest BCUT2D eigenvalue weighted by Gasteiger charge is 2.35. The van der Waals surface area contributed by atoms with E-state index in [2.05, 4.69) is 23.5 Å². The lowest BCUT2D eigenvalue weighted by atomic mass is 10.1. The van der Waals surface area contributed by atoms with Crippen LogP contribution in [0, 0.1) is 5.41 Å². The number of Topliss-reactive ketones (excluding diaryl/α,β-unsaturated/α-hetero) is 1. The predicted octanol–water partition coefficient (Wildman–Crippen LogP) is 3.44. The first-order valence-corrected chi connectivity index (χ1v) is 9.45. The Morgan fingerprint density at radius 3 is 2.41 bits per heavy atom. The molecule has 4 rings (SSSR count). The van der Waals surface area contributed by atoms with Gasteiger partial charge in [0.05, 0.1) is 32.0 Å². The number of methoxy groups -OCH3 is 2. The topological polar surface area (TPSA) is 74.7 Å². The lowest BCUT2D eigenvalue weighted by Crippen LogP contribution is -2.25. The second-order valence-electron chi connectivity index (χ2n) is 7.00. The minimum Gasteiger partial charge on any atom is -0.497 e. The van der Waals surface area contributed by atoms with Gasteiger partial charge in [0.15, 0.2) is 5.78 Å². The number of nitrogens with zero attached hydrogens (tertiary/aromatic N) is 1. The van der Waals surface area contributed by atoms with Crippen molar-refractivity contribution in [3.8, 4) is 11.5 Å². The monoisotopic (exact) mass is 389 g/mol. The maximum atomic E-state index is 12.8. The second-order valence-corrected chi connectivity index (χ2v) is 7.00. The summed E-state index contributed by atoms with van der Waals surface area (Å²) in [5, 5.41) is 12.0. The van der Waals surface area contributed by atoms with Crippen molar-refractivity contribution < 1.29 is 14.3 Å². The molecule has 148 valence electrons. The summed E-state index contributed by atoms with van der Waals surface area (Å²) in [7, 11) is 3.16. The fourth-order valence-corrected chi connectivity index (χ4v) is 3.67. The summed E-state index contributed by atoms with van der Waals surface area (Å²) >= 11 is 0.